The van der Waals surface area contributed by atoms with Crippen LogP contribution in [0.2, 0.25) is 0 Å². The maximum absolute atomic E-state index is 4.54. The molecule has 3 heteroatoms. The van der Waals surface area contributed by atoms with Gasteiger partial charge in [-0.3, -0.25) is 0 Å². The largest absolute Gasteiger partial charge is 0.235 e. The minimum Gasteiger partial charge on any atom is -0.235 e. The Hall–Kier alpha value is -0.410. The summed E-state index contributed by atoms with van der Waals surface area (Å²) in [6.45, 7) is 4.40. The predicted molar refractivity (Wildman–Crippen MR) is 74.7 cm³/mol. The number of hydrogen-bond acceptors (Lipinski definition) is 3. The summed E-state index contributed by atoms with van der Waals surface area (Å²) in [5.74, 6) is 0.587. The van der Waals surface area contributed by atoms with Gasteiger partial charge in [0.1, 0.15) is 4.38 Å². The third-order valence-corrected chi connectivity index (χ3v) is 4.01. The molecule has 1 aromatic carbocycles. The lowest BCUT2D eigenvalue weighted by atomic mass is 10.0. The van der Waals surface area contributed by atoms with Crippen LogP contribution in [0.1, 0.15) is 25.3 Å². The standard InChI is InChI=1S/C12H17NS2/c1-9(2)10-5-7-11(8-6-10)13-12(14-3)15-4/h5-9H,1-4H3. The molecule has 0 aliphatic rings. The Morgan fingerprint density at radius 1 is 1.07 bits per heavy atom. The molecule has 0 aliphatic heterocycles. The number of rotatable bonds is 2. The van der Waals surface area contributed by atoms with Crippen LogP contribution in [0.15, 0.2) is 29.3 Å². The zero-order valence-electron chi connectivity index (χ0n) is 9.65. The molecule has 0 N–H and O–H groups in total. The fraction of sp³-hybridized carbons (Fsp3) is 0.417. The normalized spacial score (nSPS) is 10.5. The van der Waals surface area contributed by atoms with Gasteiger partial charge in [0.05, 0.1) is 5.69 Å². The molecule has 0 saturated heterocycles. The van der Waals surface area contributed by atoms with Gasteiger partial charge in [-0.1, -0.05) is 26.0 Å². The molecule has 0 spiro atoms. The number of aliphatic imine (C=N–C) groups is 1. The van der Waals surface area contributed by atoms with Gasteiger partial charge in [-0.2, -0.15) is 0 Å². The summed E-state index contributed by atoms with van der Waals surface area (Å²) in [4.78, 5) is 4.54. The highest BCUT2D eigenvalue weighted by molar-refractivity contribution is 8.38. The van der Waals surface area contributed by atoms with E-state index in [1.807, 2.05) is 0 Å². The van der Waals surface area contributed by atoms with Gasteiger partial charge >= 0.3 is 0 Å². The highest BCUT2D eigenvalue weighted by Crippen LogP contribution is 2.22. The minimum atomic E-state index is 0.587. The van der Waals surface area contributed by atoms with Gasteiger partial charge < -0.3 is 0 Å². The molecule has 0 heterocycles. The molecule has 0 aromatic heterocycles. The zero-order chi connectivity index (χ0) is 11.3. The Morgan fingerprint density at radius 3 is 2.00 bits per heavy atom. The summed E-state index contributed by atoms with van der Waals surface area (Å²) < 4.78 is 1.10. The quantitative estimate of drug-likeness (QED) is 0.555. The molecule has 0 atom stereocenters. The van der Waals surface area contributed by atoms with Gasteiger partial charge in [-0.25, -0.2) is 4.99 Å². The highest BCUT2D eigenvalue weighted by Gasteiger charge is 1.99. The molecule has 1 aromatic rings. The molecule has 0 radical (unpaired) electrons. The van der Waals surface area contributed by atoms with Crippen molar-refractivity contribution in [1.82, 2.24) is 0 Å². The first-order valence-electron chi connectivity index (χ1n) is 4.94. The minimum absolute atomic E-state index is 0.587. The van der Waals surface area contributed by atoms with E-state index in [0.29, 0.717) is 5.92 Å². The van der Waals surface area contributed by atoms with E-state index in [0.717, 1.165) is 10.1 Å². The van der Waals surface area contributed by atoms with Crippen molar-refractivity contribution in [2.75, 3.05) is 12.5 Å². The van der Waals surface area contributed by atoms with Crippen LogP contribution in [0.5, 0.6) is 0 Å². The lowest BCUT2D eigenvalue weighted by Crippen LogP contribution is -1.85. The first-order valence-corrected chi connectivity index (χ1v) is 7.39. The molecule has 0 saturated carbocycles. The van der Waals surface area contributed by atoms with E-state index in [4.69, 9.17) is 0 Å². The molecule has 1 nitrogen and oxygen atoms in total. The van der Waals surface area contributed by atoms with Crippen LogP contribution in [-0.4, -0.2) is 16.9 Å². The molecule has 15 heavy (non-hydrogen) atoms. The topological polar surface area (TPSA) is 12.4 Å². The summed E-state index contributed by atoms with van der Waals surface area (Å²) in [6, 6.07) is 8.48. The number of benzene rings is 1. The fourth-order valence-corrected chi connectivity index (χ4v) is 2.27. The molecule has 0 aliphatic carbocycles. The Kier molecular flexibility index (Phi) is 5.26. The Bertz CT molecular complexity index is 322. The van der Waals surface area contributed by atoms with Crippen molar-refractivity contribution in [3.63, 3.8) is 0 Å². The van der Waals surface area contributed by atoms with E-state index in [1.54, 1.807) is 23.5 Å². The third kappa shape index (κ3) is 3.92. The zero-order valence-corrected chi connectivity index (χ0v) is 11.3. The van der Waals surface area contributed by atoms with E-state index in [9.17, 15) is 0 Å². The smallest absolute Gasteiger partial charge is 0.130 e. The van der Waals surface area contributed by atoms with Gasteiger partial charge in [0.15, 0.2) is 0 Å². The molecule has 1 rings (SSSR count). The predicted octanol–water partition coefficient (Wildman–Crippen LogP) is 4.52. The van der Waals surface area contributed by atoms with Crippen LogP contribution in [0, 0.1) is 0 Å². The van der Waals surface area contributed by atoms with Gasteiger partial charge in [0.2, 0.25) is 0 Å². The highest BCUT2D eigenvalue weighted by atomic mass is 32.2. The van der Waals surface area contributed by atoms with Crippen LogP contribution in [-0.2, 0) is 0 Å². The molecule has 82 valence electrons. The van der Waals surface area contributed by atoms with Crippen LogP contribution >= 0.6 is 23.5 Å². The van der Waals surface area contributed by atoms with Crippen molar-refractivity contribution in [3.05, 3.63) is 29.8 Å². The second-order valence-corrected chi connectivity index (χ2v) is 5.38. The average molecular weight is 239 g/mol. The first-order chi connectivity index (χ1) is 7.17. The molecule has 0 amide bonds. The molecular weight excluding hydrogens is 222 g/mol. The van der Waals surface area contributed by atoms with Crippen LogP contribution in [0.3, 0.4) is 0 Å². The van der Waals surface area contributed by atoms with Gasteiger partial charge in [-0.05, 0) is 36.1 Å². The second kappa shape index (κ2) is 6.23. The lowest BCUT2D eigenvalue weighted by molar-refractivity contribution is 0.867. The summed E-state index contributed by atoms with van der Waals surface area (Å²) in [5.41, 5.74) is 2.40. The second-order valence-electron chi connectivity index (χ2n) is 3.53. The fourth-order valence-electron chi connectivity index (χ4n) is 1.21. The van der Waals surface area contributed by atoms with E-state index < -0.39 is 0 Å². The van der Waals surface area contributed by atoms with Crippen molar-refractivity contribution in [2.24, 2.45) is 4.99 Å². The van der Waals surface area contributed by atoms with Crippen molar-refractivity contribution < 1.29 is 0 Å². The Labute approximate surface area is 101 Å². The lowest BCUT2D eigenvalue weighted by Gasteiger charge is -2.05. The number of hydrogen-bond donors (Lipinski definition) is 0. The van der Waals surface area contributed by atoms with E-state index in [1.165, 1.54) is 5.56 Å². The molecular formula is C12H17NS2. The summed E-state index contributed by atoms with van der Waals surface area (Å²) in [5, 5.41) is 0. The first kappa shape index (κ1) is 12.7. The summed E-state index contributed by atoms with van der Waals surface area (Å²) in [6.07, 6.45) is 4.11. The number of thioether (sulfide) groups is 2. The van der Waals surface area contributed by atoms with Crippen molar-refractivity contribution in [1.29, 1.82) is 0 Å². The molecule has 0 unspecified atom stereocenters. The van der Waals surface area contributed by atoms with Crippen molar-refractivity contribution in [3.8, 4) is 0 Å². The Balaban J connectivity index is 2.84. The third-order valence-electron chi connectivity index (χ3n) is 2.13. The summed E-state index contributed by atoms with van der Waals surface area (Å²) >= 11 is 3.38. The molecule has 0 fully saturated rings. The van der Waals surface area contributed by atoms with Crippen LogP contribution in [0.25, 0.3) is 0 Å². The van der Waals surface area contributed by atoms with E-state index >= 15 is 0 Å². The average Bonchev–Trinajstić information content (AvgIpc) is 2.26. The van der Waals surface area contributed by atoms with Gasteiger partial charge in [0, 0.05) is 0 Å². The molecule has 0 bridgehead atoms. The van der Waals surface area contributed by atoms with E-state index in [-0.39, 0.29) is 0 Å². The number of nitrogens with zero attached hydrogens (tertiary/aromatic N) is 1. The maximum atomic E-state index is 4.54. The SMILES string of the molecule is CSC(=Nc1ccc(C(C)C)cc1)SC. The van der Waals surface area contributed by atoms with Crippen LogP contribution < -0.4 is 0 Å². The Morgan fingerprint density at radius 2 is 1.60 bits per heavy atom. The monoisotopic (exact) mass is 239 g/mol. The maximum Gasteiger partial charge on any atom is 0.130 e. The van der Waals surface area contributed by atoms with Crippen molar-refractivity contribution >= 4 is 33.6 Å². The van der Waals surface area contributed by atoms with Gasteiger partial charge in [0.25, 0.3) is 0 Å². The summed E-state index contributed by atoms with van der Waals surface area (Å²) in [7, 11) is 0. The van der Waals surface area contributed by atoms with E-state index in [2.05, 4.69) is 55.6 Å². The van der Waals surface area contributed by atoms with Crippen molar-refractivity contribution in [2.45, 2.75) is 19.8 Å². The van der Waals surface area contributed by atoms with Gasteiger partial charge in [-0.15, -0.1) is 23.5 Å². The van der Waals surface area contributed by atoms with Crippen LogP contribution in [0.4, 0.5) is 5.69 Å².